The minimum atomic E-state index is -2.76. The van der Waals surface area contributed by atoms with Crippen molar-refractivity contribution >= 4 is 6.09 Å². The summed E-state index contributed by atoms with van der Waals surface area (Å²) < 4.78 is 32.9. The third kappa shape index (κ3) is 5.23. The molecular formula is C14H25F2NO3. The molecule has 6 heteroatoms. The predicted molar refractivity (Wildman–Crippen MR) is 71.8 cm³/mol. The van der Waals surface area contributed by atoms with Gasteiger partial charge in [0, 0.05) is 32.0 Å². The second-order valence-electron chi connectivity index (χ2n) is 6.33. The molecule has 0 radical (unpaired) electrons. The van der Waals surface area contributed by atoms with E-state index in [4.69, 9.17) is 9.84 Å². The van der Waals surface area contributed by atoms with Crippen LogP contribution in [0.25, 0.3) is 0 Å². The average molecular weight is 293 g/mol. The second-order valence-corrected chi connectivity index (χ2v) is 6.33. The van der Waals surface area contributed by atoms with Gasteiger partial charge in [-0.1, -0.05) is 0 Å². The number of aliphatic hydroxyl groups is 1. The van der Waals surface area contributed by atoms with Crippen molar-refractivity contribution in [2.24, 2.45) is 5.92 Å². The first-order chi connectivity index (χ1) is 9.15. The topological polar surface area (TPSA) is 49.8 Å². The Labute approximate surface area is 119 Å². The Bertz CT molecular complexity index is 321. The van der Waals surface area contributed by atoms with Gasteiger partial charge >= 0.3 is 6.09 Å². The maximum atomic E-state index is 13.8. The lowest BCUT2D eigenvalue weighted by molar-refractivity contribution is -0.0882. The van der Waals surface area contributed by atoms with Crippen molar-refractivity contribution in [3.05, 3.63) is 0 Å². The van der Waals surface area contributed by atoms with E-state index in [9.17, 15) is 13.6 Å². The fraction of sp³-hybridized carbons (Fsp3) is 0.929. The highest BCUT2D eigenvalue weighted by Crippen LogP contribution is 2.36. The van der Waals surface area contributed by atoms with Gasteiger partial charge in [-0.05, 0) is 40.0 Å². The van der Waals surface area contributed by atoms with Crippen molar-refractivity contribution in [1.29, 1.82) is 0 Å². The number of amides is 1. The van der Waals surface area contributed by atoms with E-state index in [0.29, 0.717) is 13.1 Å². The van der Waals surface area contributed by atoms with Crippen molar-refractivity contribution in [2.75, 3.05) is 19.7 Å². The van der Waals surface area contributed by atoms with E-state index in [1.165, 1.54) is 4.90 Å². The highest BCUT2D eigenvalue weighted by Gasteiger charge is 2.41. The molecule has 118 valence electrons. The van der Waals surface area contributed by atoms with Crippen LogP contribution in [0.4, 0.5) is 13.6 Å². The van der Waals surface area contributed by atoms with Gasteiger partial charge < -0.3 is 14.7 Å². The van der Waals surface area contributed by atoms with E-state index in [2.05, 4.69) is 0 Å². The minimum absolute atomic E-state index is 0.110. The van der Waals surface area contributed by atoms with Crippen molar-refractivity contribution < 1.29 is 23.4 Å². The number of ether oxygens (including phenoxy) is 1. The SMILES string of the molecule is CC(C)(C)OC(=O)N1CCC(C(F)(F)CCCO)CC1. The molecule has 0 saturated carbocycles. The van der Waals surface area contributed by atoms with Crippen LogP contribution >= 0.6 is 0 Å². The lowest BCUT2D eigenvalue weighted by Gasteiger charge is -2.36. The Hall–Kier alpha value is -0.910. The van der Waals surface area contributed by atoms with Crippen LogP contribution in [-0.2, 0) is 4.74 Å². The summed E-state index contributed by atoms with van der Waals surface area (Å²) >= 11 is 0. The monoisotopic (exact) mass is 293 g/mol. The van der Waals surface area contributed by atoms with Gasteiger partial charge in [0.15, 0.2) is 0 Å². The number of likely N-dealkylation sites (tertiary alicyclic amines) is 1. The maximum Gasteiger partial charge on any atom is 0.410 e. The highest BCUT2D eigenvalue weighted by atomic mass is 19.3. The van der Waals surface area contributed by atoms with E-state index in [1.807, 2.05) is 0 Å². The summed E-state index contributed by atoms with van der Waals surface area (Å²) in [6, 6.07) is 0. The number of hydrogen-bond acceptors (Lipinski definition) is 3. The smallest absolute Gasteiger partial charge is 0.410 e. The summed E-state index contributed by atoms with van der Waals surface area (Å²) in [7, 11) is 0. The molecule has 0 bridgehead atoms. The molecule has 0 aliphatic carbocycles. The van der Waals surface area contributed by atoms with E-state index in [-0.39, 0.29) is 32.3 Å². The second kappa shape index (κ2) is 6.70. The van der Waals surface area contributed by atoms with Crippen LogP contribution in [-0.4, -0.2) is 47.3 Å². The Morgan fingerprint density at radius 2 is 1.85 bits per heavy atom. The highest BCUT2D eigenvalue weighted by molar-refractivity contribution is 5.68. The Morgan fingerprint density at radius 3 is 2.30 bits per heavy atom. The number of piperidine rings is 1. The third-order valence-electron chi connectivity index (χ3n) is 3.41. The van der Waals surface area contributed by atoms with E-state index < -0.39 is 23.5 Å². The van der Waals surface area contributed by atoms with Crippen molar-refractivity contribution in [3.63, 3.8) is 0 Å². The fourth-order valence-electron chi connectivity index (χ4n) is 2.33. The first kappa shape index (κ1) is 17.1. The predicted octanol–water partition coefficient (Wildman–Crippen LogP) is 3.04. The molecule has 0 aromatic carbocycles. The molecule has 0 atom stereocenters. The molecule has 1 aliphatic rings. The van der Waals surface area contributed by atoms with E-state index in [0.717, 1.165) is 0 Å². The van der Waals surface area contributed by atoms with Gasteiger partial charge in [0.2, 0.25) is 0 Å². The van der Waals surface area contributed by atoms with Gasteiger partial charge in [0.05, 0.1) is 0 Å². The molecule has 0 aromatic rings. The van der Waals surface area contributed by atoms with E-state index in [1.54, 1.807) is 20.8 Å². The number of hydrogen-bond donors (Lipinski definition) is 1. The van der Waals surface area contributed by atoms with Crippen LogP contribution in [0.5, 0.6) is 0 Å². The zero-order valence-electron chi connectivity index (χ0n) is 12.5. The zero-order chi connectivity index (χ0) is 15.4. The van der Waals surface area contributed by atoms with Gasteiger partial charge in [-0.15, -0.1) is 0 Å². The number of carbonyl (C=O) groups excluding carboxylic acids is 1. The molecule has 1 saturated heterocycles. The average Bonchev–Trinajstić information content (AvgIpc) is 2.34. The quantitative estimate of drug-likeness (QED) is 0.866. The largest absolute Gasteiger partial charge is 0.444 e. The van der Waals surface area contributed by atoms with Crippen LogP contribution < -0.4 is 0 Å². The summed E-state index contributed by atoms with van der Waals surface area (Å²) in [6.07, 6.45) is -0.0653. The number of rotatable bonds is 4. The lowest BCUT2D eigenvalue weighted by Crippen LogP contribution is -2.45. The van der Waals surface area contributed by atoms with Crippen LogP contribution in [0.2, 0.25) is 0 Å². The number of nitrogens with zero attached hydrogens (tertiary/aromatic N) is 1. The van der Waals surface area contributed by atoms with Gasteiger partial charge in [-0.2, -0.15) is 0 Å². The molecule has 1 N–H and O–H groups in total. The molecule has 1 fully saturated rings. The molecule has 0 aromatic heterocycles. The van der Waals surface area contributed by atoms with Gasteiger partial charge in [0.25, 0.3) is 5.92 Å². The Kier molecular flexibility index (Phi) is 5.74. The summed E-state index contributed by atoms with van der Waals surface area (Å²) in [4.78, 5) is 13.3. The summed E-state index contributed by atoms with van der Waals surface area (Å²) in [6.45, 7) is 5.72. The third-order valence-corrected chi connectivity index (χ3v) is 3.41. The number of carbonyl (C=O) groups is 1. The minimum Gasteiger partial charge on any atom is -0.444 e. The molecule has 0 unspecified atom stereocenters. The summed E-state index contributed by atoms with van der Waals surface area (Å²) in [5.41, 5.74) is -0.570. The Morgan fingerprint density at radius 1 is 1.30 bits per heavy atom. The molecule has 1 amide bonds. The summed E-state index contributed by atoms with van der Waals surface area (Å²) in [5.74, 6) is -3.48. The molecule has 1 heterocycles. The first-order valence-electron chi connectivity index (χ1n) is 7.12. The molecule has 4 nitrogen and oxygen atoms in total. The fourth-order valence-corrected chi connectivity index (χ4v) is 2.33. The van der Waals surface area contributed by atoms with Crippen LogP contribution in [0.15, 0.2) is 0 Å². The number of halogens is 2. The normalized spacial score (nSPS) is 18.2. The summed E-state index contributed by atoms with van der Waals surface area (Å²) in [5, 5.41) is 8.65. The van der Waals surface area contributed by atoms with Gasteiger partial charge in [0.1, 0.15) is 5.60 Å². The van der Waals surface area contributed by atoms with Crippen molar-refractivity contribution in [3.8, 4) is 0 Å². The first-order valence-corrected chi connectivity index (χ1v) is 7.12. The van der Waals surface area contributed by atoms with Crippen LogP contribution in [0, 0.1) is 5.92 Å². The molecule has 0 spiro atoms. The van der Waals surface area contributed by atoms with Crippen LogP contribution in [0.3, 0.4) is 0 Å². The molecular weight excluding hydrogens is 268 g/mol. The molecule has 1 rings (SSSR count). The van der Waals surface area contributed by atoms with Crippen LogP contribution in [0.1, 0.15) is 46.5 Å². The van der Waals surface area contributed by atoms with E-state index >= 15 is 0 Å². The van der Waals surface area contributed by atoms with Crippen molar-refractivity contribution in [1.82, 2.24) is 4.90 Å². The lowest BCUT2D eigenvalue weighted by atomic mass is 9.88. The zero-order valence-corrected chi connectivity index (χ0v) is 12.5. The van der Waals surface area contributed by atoms with Crippen molar-refractivity contribution in [2.45, 2.75) is 58.0 Å². The standard InChI is InChI=1S/C14H25F2NO3/c1-13(2,3)20-12(19)17-8-5-11(6-9-17)14(15,16)7-4-10-18/h11,18H,4-10H2,1-3H3. The number of aliphatic hydroxyl groups excluding tert-OH is 1. The van der Waals surface area contributed by atoms with Gasteiger partial charge in [-0.3, -0.25) is 0 Å². The number of alkyl halides is 2. The maximum absolute atomic E-state index is 13.8. The van der Waals surface area contributed by atoms with Gasteiger partial charge in [-0.25, -0.2) is 13.6 Å². The Balaban J connectivity index is 2.45. The molecule has 20 heavy (non-hydrogen) atoms. The molecule has 1 aliphatic heterocycles.